The number of allylic oxidation sites excluding steroid dienone is 3. The average Bonchev–Trinajstić information content (AvgIpc) is 3.29. The number of sulfonamides is 1. The molecule has 2 aliphatic heterocycles. The number of carbonyl (C=O) groups excluding carboxylic acids is 1. The molecule has 3 rings (SSSR count). The molecule has 9 nitrogen and oxygen atoms in total. The van der Waals surface area contributed by atoms with Crippen molar-refractivity contribution in [1.82, 2.24) is 9.21 Å². The predicted molar refractivity (Wildman–Crippen MR) is 142 cm³/mol. The maximum absolute atomic E-state index is 13.0. The number of carbonyl (C=O) groups is 1. The Morgan fingerprint density at radius 2 is 1.84 bits per heavy atom. The van der Waals surface area contributed by atoms with Crippen LogP contribution in [0.15, 0.2) is 47.2 Å². The van der Waals surface area contributed by atoms with E-state index in [1.54, 1.807) is 43.3 Å². The quantitative estimate of drug-likeness (QED) is 0.346. The molecule has 1 aromatic rings. The number of ether oxygens (including phenoxy) is 4. The van der Waals surface area contributed by atoms with E-state index in [1.807, 2.05) is 33.8 Å². The van der Waals surface area contributed by atoms with Crippen LogP contribution in [0.25, 0.3) is 0 Å². The molecule has 0 spiro atoms. The van der Waals surface area contributed by atoms with Crippen LogP contribution in [0.3, 0.4) is 0 Å². The molecular weight excluding hydrogens is 496 g/mol. The van der Waals surface area contributed by atoms with Crippen LogP contribution in [0.1, 0.15) is 46.1 Å². The number of rotatable bonds is 9. The standard InChI is InChI=1S/C27H40N2O7S/c1-7-20(4)26(19(2)3)36-27(30)29-16-24(33-6)25(17-29)35-23-10-8-9-21(15-23)18-37(31,32)28(5)22-11-13-34-14-12-22/h7-10,15,22,24-25H,11-14,16-18H2,1-6H3/b20-7-. The normalized spacial score (nSPS) is 21.3. The van der Waals surface area contributed by atoms with E-state index in [9.17, 15) is 13.2 Å². The first-order valence-corrected chi connectivity index (χ1v) is 14.3. The smallest absolute Gasteiger partial charge is 0.415 e. The minimum atomic E-state index is -3.50. The zero-order chi connectivity index (χ0) is 27.2. The van der Waals surface area contributed by atoms with E-state index in [0.717, 1.165) is 11.1 Å². The van der Waals surface area contributed by atoms with E-state index in [2.05, 4.69) is 0 Å². The number of amides is 1. The highest BCUT2D eigenvalue weighted by Gasteiger charge is 2.38. The molecule has 2 heterocycles. The zero-order valence-electron chi connectivity index (χ0n) is 22.7. The summed E-state index contributed by atoms with van der Waals surface area (Å²) >= 11 is 0. The lowest BCUT2D eigenvalue weighted by Crippen LogP contribution is -2.41. The highest BCUT2D eigenvalue weighted by molar-refractivity contribution is 7.88. The molecule has 0 aliphatic carbocycles. The summed E-state index contributed by atoms with van der Waals surface area (Å²) in [6, 6.07) is 7.02. The van der Waals surface area contributed by atoms with Crippen molar-refractivity contribution in [3.05, 3.63) is 52.8 Å². The lowest BCUT2D eigenvalue weighted by atomic mass is 10.1. The largest absolute Gasteiger partial charge is 0.486 e. The van der Waals surface area contributed by atoms with Gasteiger partial charge in [-0.1, -0.05) is 18.2 Å². The molecule has 2 saturated heterocycles. The Morgan fingerprint density at radius 1 is 1.16 bits per heavy atom. The highest BCUT2D eigenvalue weighted by Crippen LogP contribution is 2.26. The molecule has 37 heavy (non-hydrogen) atoms. The maximum atomic E-state index is 13.0. The molecule has 0 bridgehead atoms. The first-order chi connectivity index (χ1) is 17.6. The third-order valence-electron chi connectivity index (χ3n) is 6.89. The fourth-order valence-corrected chi connectivity index (χ4v) is 6.03. The van der Waals surface area contributed by atoms with E-state index in [4.69, 9.17) is 18.9 Å². The number of nitrogens with zero attached hydrogens (tertiary/aromatic N) is 2. The summed E-state index contributed by atoms with van der Waals surface area (Å²) in [5.74, 6) is 0.967. The topological polar surface area (TPSA) is 94.6 Å². The van der Waals surface area contributed by atoms with Gasteiger partial charge >= 0.3 is 6.09 Å². The van der Waals surface area contributed by atoms with Crippen LogP contribution in [0, 0.1) is 0 Å². The van der Waals surface area contributed by atoms with Crippen molar-refractivity contribution in [1.29, 1.82) is 0 Å². The van der Waals surface area contributed by atoms with Gasteiger partial charge in [-0.2, -0.15) is 0 Å². The lowest BCUT2D eigenvalue weighted by Gasteiger charge is -2.30. The van der Waals surface area contributed by atoms with Crippen molar-refractivity contribution in [2.45, 2.75) is 64.5 Å². The zero-order valence-corrected chi connectivity index (χ0v) is 23.5. The number of benzene rings is 1. The monoisotopic (exact) mass is 536 g/mol. The second-order valence-electron chi connectivity index (χ2n) is 9.77. The van der Waals surface area contributed by atoms with Crippen LogP contribution in [-0.4, -0.2) is 82.4 Å². The van der Waals surface area contributed by atoms with Gasteiger partial charge in [-0.25, -0.2) is 17.5 Å². The molecule has 0 N–H and O–H groups in total. The highest BCUT2D eigenvalue weighted by atomic mass is 32.2. The maximum Gasteiger partial charge on any atom is 0.415 e. The van der Waals surface area contributed by atoms with Crippen molar-refractivity contribution in [3.63, 3.8) is 0 Å². The third kappa shape index (κ3) is 7.56. The Morgan fingerprint density at radius 3 is 2.46 bits per heavy atom. The van der Waals surface area contributed by atoms with Gasteiger partial charge in [0.1, 0.15) is 23.7 Å². The SMILES string of the molecule is C/C=C(/C)C(OC(=O)N1CC(OC)C(Oc2cccc(CS(=O)(=O)N(C)C3CCOCC3)c2)C1)=C(C)C. The minimum absolute atomic E-state index is 0.0478. The molecule has 0 aromatic heterocycles. The van der Waals surface area contributed by atoms with Gasteiger partial charge in [0.25, 0.3) is 0 Å². The van der Waals surface area contributed by atoms with E-state index >= 15 is 0 Å². The predicted octanol–water partition coefficient (Wildman–Crippen LogP) is 4.10. The summed E-state index contributed by atoms with van der Waals surface area (Å²) < 4.78 is 50.4. The molecule has 0 saturated carbocycles. The lowest BCUT2D eigenvalue weighted by molar-refractivity contribution is 0.0340. The van der Waals surface area contributed by atoms with Gasteiger partial charge in [-0.15, -0.1) is 0 Å². The molecule has 2 aliphatic rings. The van der Waals surface area contributed by atoms with Gasteiger partial charge in [0.05, 0.1) is 18.8 Å². The Bertz CT molecular complexity index is 1110. The van der Waals surface area contributed by atoms with Crippen LogP contribution in [-0.2, 0) is 30.0 Å². The molecule has 2 unspecified atom stereocenters. The number of hydrogen-bond acceptors (Lipinski definition) is 7. The number of methoxy groups -OCH3 is 1. The van der Waals surface area contributed by atoms with Crippen LogP contribution >= 0.6 is 0 Å². The summed E-state index contributed by atoms with van der Waals surface area (Å²) in [6.07, 6.45) is 2.06. The summed E-state index contributed by atoms with van der Waals surface area (Å²) in [5.41, 5.74) is 2.43. The Balaban J connectivity index is 1.66. The fourth-order valence-electron chi connectivity index (χ4n) is 4.56. The van der Waals surface area contributed by atoms with Crippen LogP contribution in [0.4, 0.5) is 4.79 Å². The summed E-state index contributed by atoms with van der Waals surface area (Å²) in [7, 11) is -0.283. The van der Waals surface area contributed by atoms with Crippen molar-refractivity contribution >= 4 is 16.1 Å². The Hall–Kier alpha value is -2.40. The molecule has 2 atom stereocenters. The van der Waals surface area contributed by atoms with Crippen molar-refractivity contribution in [2.75, 3.05) is 40.5 Å². The second-order valence-corrected chi connectivity index (χ2v) is 11.8. The molecule has 2 fully saturated rings. The van der Waals surface area contributed by atoms with Crippen molar-refractivity contribution < 1.29 is 32.2 Å². The van der Waals surface area contributed by atoms with Crippen molar-refractivity contribution in [2.24, 2.45) is 0 Å². The number of hydrogen-bond donors (Lipinski definition) is 0. The molecule has 206 valence electrons. The Labute approximate surface area is 221 Å². The van der Waals surface area contributed by atoms with E-state index in [0.29, 0.717) is 49.7 Å². The van der Waals surface area contributed by atoms with Crippen LogP contribution in [0.2, 0.25) is 0 Å². The molecule has 0 radical (unpaired) electrons. The molecular formula is C27H40N2O7S. The van der Waals surface area contributed by atoms with E-state index in [-0.39, 0.29) is 24.4 Å². The summed E-state index contributed by atoms with van der Waals surface area (Å²) in [6.45, 7) is 9.37. The molecule has 1 aromatic carbocycles. The van der Waals surface area contributed by atoms with Gasteiger partial charge in [-0.3, -0.25) is 0 Å². The first-order valence-electron chi connectivity index (χ1n) is 12.6. The minimum Gasteiger partial charge on any atom is -0.486 e. The summed E-state index contributed by atoms with van der Waals surface area (Å²) in [4.78, 5) is 14.5. The van der Waals surface area contributed by atoms with Gasteiger partial charge < -0.3 is 23.8 Å². The van der Waals surface area contributed by atoms with Gasteiger partial charge in [-0.05, 0) is 69.4 Å². The summed E-state index contributed by atoms with van der Waals surface area (Å²) in [5, 5.41) is 0. The Kier molecular flexibility index (Phi) is 10.2. The van der Waals surface area contributed by atoms with Crippen molar-refractivity contribution in [3.8, 4) is 5.75 Å². The van der Waals surface area contributed by atoms with Crippen LogP contribution < -0.4 is 4.74 Å². The van der Waals surface area contributed by atoms with E-state index < -0.39 is 22.2 Å². The van der Waals surface area contributed by atoms with Gasteiger partial charge in [0.15, 0.2) is 0 Å². The third-order valence-corrected chi connectivity index (χ3v) is 8.76. The second kappa shape index (κ2) is 12.9. The average molecular weight is 537 g/mol. The fraction of sp³-hybridized carbons (Fsp3) is 0.593. The van der Waals surface area contributed by atoms with E-state index in [1.165, 1.54) is 4.31 Å². The first kappa shape index (κ1) is 29.2. The molecule has 1 amide bonds. The van der Waals surface area contributed by atoms with Crippen LogP contribution in [0.5, 0.6) is 5.75 Å². The molecule has 10 heteroatoms. The number of likely N-dealkylation sites (tertiary alicyclic amines) is 1. The van der Waals surface area contributed by atoms with Gasteiger partial charge in [0.2, 0.25) is 10.0 Å². The van der Waals surface area contributed by atoms with Gasteiger partial charge in [0, 0.05) is 33.4 Å².